The minimum absolute atomic E-state index is 0.0723. The minimum Gasteiger partial charge on any atom is -0.507 e. The van der Waals surface area contributed by atoms with Gasteiger partial charge in [0.05, 0.1) is 5.56 Å². The quantitative estimate of drug-likeness (QED) is 0.634. The zero-order valence-electron chi connectivity index (χ0n) is 8.85. The summed E-state index contributed by atoms with van der Waals surface area (Å²) in [6.45, 7) is 0. The van der Waals surface area contributed by atoms with Gasteiger partial charge in [-0.25, -0.2) is 0 Å². The van der Waals surface area contributed by atoms with E-state index in [1.807, 2.05) is 0 Å². The lowest BCUT2D eigenvalue weighted by atomic mass is 10.0. The molecule has 0 atom stereocenters. The standard InChI is InChI=1S/C13H10ClNO2/c14-8-5-6-11(15)10(7-8)13(17)9-3-1-2-4-12(9)16/h1-7,16H,15H2. The summed E-state index contributed by atoms with van der Waals surface area (Å²) >= 11 is 5.82. The lowest BCUT2D eigenvalue weighted by molar-refractivity contribution is 0.103. The van der Waals surface area contributed by atoms with E-state index >= 15 is 0 Å². The Hall–Kier alpha value is -2.00. The summed E-state index contributed by atoms with van der Waals surface area (Å²) in [5.74, 6) is -0.417. The zero-order chi connectivity index (χ0) is 12.4. The third kappa shape index (κ3) is 2.24. The Bertz CT molecular complexity index is 581. The number of nitrogens with two attached hydrogens (primary N) is 1. The van der Waals surface area contributed by atoms with Gasteiger partial charge in [-0.2, -0.15) is 0 Å². The summed E-state index contributed by atoms with van der Waals surface area (Å²) < 4.78 is 0. The molecular weight excluding hydrogens is 238 g/mol. The second-order valence-corrected chi connectivity index (χ2v) is 4.01. The van der Waals surface area contributed by atoms with E-state index in [-0.39, 0.29) is 17.1 Å². The maximum Gasteiger partial charge on any atom is 0.198 e. The van der Waals surface area contributed by atoms with Gasteiger partial charge in [0.1, 0.15) is 5.75 Å². The van der Waals surface area contributed by atoms with Crippen LogP contribution >= 0.6 is 11.6 Å². The molecule has 0 fully saturated rings. The largest absolute Gasteiger partial charge is 0.507 e. The highest BCUT2D eigenvalue weighted by atomic mass is 35.5. The fourth-order valence-corrected chi connectivity index (χ4v) is 1.71. The molecule has 3 nitrogen and oxygen atoms in total. The Morgan fingerprint density at radius 1 is 1.12 bits per heavy atom. The highest BCUT2D eigenvalue weighted by molar-refractivity contribution is 6.31. The molecule has 0 aliphatic rings. The van der Waals surface area contributed by atoms with Gasteiger partial charge in [0.2, 0.25) is 0 Å². The lowest BCUT2D eigenvalue weighted by Crippen LogP contribution is -2.05. The topological polar surface area (TPSA) is 63.3 Å². The second kappa shape index (κ2) is 4.47. The molecule has 0 heterocycles. The van der Waals surface area contributed by atoms with Crippen molar-refractivity contribution in [3.8, 4) is 5.75 Å². The summed E-state index contributed by atoms with van der Waals surface area (Å²) in [4.78, 5) is 12.1. The molecule has 0 unspecified atom stereocenters. The van der Waals surface area contributed by atoms with E-state index < -0.39 is 0 Å². The van der Waals surface area contributed by atoms with Crippen LogP contribution in [0, 0.1) is 0 Å². The monoisotopic (exact) mass is 247 g/mol. The van der Waals surface area contributed by atoms with E-state index in [9.17, 15) is 9.90 Å². The first-order valence-electron chi connectivity index (χ1n) is 4.97. The minimum atomic E-state index is -0.344. The third-order valence-corrected chi connectivity index (χ3v) is 2.64. The molecule has 4 heteroatoms. The fourth-order valence-electron chi connectivity index (χ4n) is 1.54. The number of ketones is 1. The van der Waals surface area contributed by atoms with Gasteiger partial charge < -0.3 is 10.8 Å². The number of phenolic OH excluding ortho intramolecular Hbond substituents is 1. The first-order chi connectivity index (χ1) is 8.09. The number of rotatable bonds is 2. The van der Waals surface area contributed by atoms with Crippen molar-refractivity contribution >= 4 is 23.1 Å². The Morgan fingerprint density at radius 3 is 2.53 bits per heavy atom. The van der Waals surface area contributed by atoms with Gasteiger partial charge in [-0.15, -0.1) is 0 Å². The van der Waals surface area contributed by atoms with E-state index in [1.54, 1.807) is 24.3 Å². The first kappa shape index (κ1) is 11.5. The van der Waals surface area contributed by atoms with E-state index in [4.69, 9.17) is 17.3 Å². The van der Waals surface area contributed by atoms with Crippen LogP contribution in [0.1, 0.15) is 15.9 Å². The number of benzene rings is 2. The maximum atomic E-state index is 12.1. The average Bonchev–Trinajstić information content (AvgIpc) is 2.32. The Balaban J connectivity index is 2.51. The molecule has 2 aromatic rings. The van der Waals surface area contributed by atoms with Gasteiger partial charge in [-0.1, -0.05) is 23.7 Å². The van der Waals surface area contributed by atoms with Crippen LogP contribution in [0.5, 0.6) is 5.75 Å². The van der Waals surface area contributed by atoms with E-state index in [0.717, 1.165) is 0 Å². The number of hydrogen-bond donors (Lipinski definition) is 2. The van der Waals surface area contributed by atoms with Crippen molar-refractivity contribution in [2.45, 2.75) is 0 Å². The highest BCUT2D eigenvalue weighted by Crippen LogP contribution is 2.25. The molecular formula is C13H10ClNO2. The van der Waals surface area contributed by atoms with Crippen LogP contribution in [0.3, 0.4) is 0 Å². The molecule has 0 spiro atoms. The van der Waals surface area contributed by atoms with Gasteiger partial charge in [-0.3, -0.25) is 4.79 Å². The van der Waals surface area contributed by atoms with Crippen molar-refractivity contribution in [1.29, 1.82) is 0 Å². The van der Waals surface area contributed by atoms with Gasteiger partial charge in [0.15, 0.2) is 5.78 Å². The Morgan fingerprint density at radius 2 is 1.82 bits per heavy atom. The SMILES string of the molecule is Nc1ccc(Cl)cc1C(=O)c1ccccc1O. The summed E-state index contributed by atoms with van der Waals surface area (Å²) in [5.41, 5.74) is 6.55. The molecule has 86 valence electrons. The normalized spacial score (nSPS) is 10.2. The fraction of sp³-hybridized carbons (Fsp3) is 0. The number of halogens is 1. The van der Waals surface area contributed by atoms with Gasteiger partial charge in [0.25, 0.3) is 0 Å². The van der Waals surface area contributed by atoms with Crippen LogP contribution in [-0.4, -0.2) is 10.9 Å². The Kier molecular flexibility index (Phi) is 3.02. The number of phenols is 1. The number of carbonyl (C=O) groups excluding carboxylic acids is 1. The molecule has 17 heavy (non-hydrogen) atoms. The van der Waals surface area contributed by atoms with Crippen LogP contribution in [0.25, 0.3) is 0 Å². The van der Waals surface area contributed by atoms with Crippen molar-refractivity contribution in [3.05, 3.63) is 58.6 Å². The molecule has 0 radical (unpaired) electrons. The third-order valence-electron chi connectivity index (χ3n) is 2.41. The summed E-state index contributed by atoms with van der Waals surface area (Å²) in [7, 11) is 0. The highest BCUT2D eigenvalue weighted by Gasteiger charge is 2.15. The van der Waals surface area contributed by atoms with Gasteiger partial charge >= 0.3 is 0 Å². The first-order valence-corrected chi connectivity index (χ1v) is 5.35. The molecule has 0 aliphatic carbocycles. The van der Waals surface area contributed by atoms with Crippen molar-refractivity contribution in [2.24, 2.45) is 0 Å². The number of nitrogen functional groups attached to an aromatic ring is 1. The number of carbonyl (C=O) groups is 1. The van der Waals surface area contributed by atoms with Crippen LogP contribution < -0.4 is 5.73 Å². The lowest BCUT2D eigenvalue weighted by Gasteiger charge is -2.06. The zero-order valence-corrected chi connectivity index (χ0v) is 9.61. The number of anilines is 1. The van der Waals surface area contributed by atoms with E-state index in [1.165, 1.54) is 18.2 Å². The van der Waals surface area contributed by atoms with E-state index in [2.05, 4.69) is 0 Å². The molecule has 0 aromatic heterocycles. The molecule has 2 aromatic carbocycles. The molecule has 2 rings (SSSR count). The molecule has 0 saturated heterocycles. The molecule has 0 aliphatic heterocycles. The van der Waals surface area contributed by atoms with Gasteiger partial charge in [-0.05, 0) is 30.3 Å². The molecule has 0 amide bonds. The number of hydrogen-bond acceptors (Lipinski definition) is 3. The van der Waals surface area contributed by atoms with Crippen molar-refractivity contribution in [3.63, 3.8) is 0 Å². The smallest absolute Gasteiger partial charge is 0.198 e. The average molecular weight is 248 g/mol. The maximum absolute atomic E-state index is 12.1. The second-order valence-electron chi connectivity index (χ2n) is 3.58. The number of para-hydroxylation sites is 1. The van der Waals surface area contributed by atoms with Crippen LogP contribution in [0.4, 0.5) is 5.69 Å². The van der Waals surface area contributed by atoms with Crippen molar-refractivity contribution < 1.29 is 9.90 Å². The summed E-state index contributed by atoms with van der Waals surface area (Å²) in [6.07, 6.45) is 0. The van der Waals surface area contributed by atoms with E-state index in [0.29, 0.717) is 16.3 Å². The summed E-state index contributed by atoms with van der Waals surface area (Å²) in [5, 5.41) is 10.0. The van der Waals surface area contributed by atoms with Gasteiger partial charge in [0, 0.05) is 16.3 Å². The molecule has 3 N–H and O–H groups in total. The molecule has 0 bridgehead atoms. The predicted octanol–water partition coefficient (Wildman–Crippen LogP) is 2.86. The van der Waals surface area contributed by atoms with Crippen LogP contribution in [-0.2, 0) is 0 Å². The Labute approximate surface area is 103 Å². The van der Waals surface area contributed by atoms with Crippen molar-refractivity contribution in [2.75, 3.05) is 5.73 Å². The number of aromatic hydroxyl groups is 1. The van der Waals surface area contributed by atoms with Crippen LogP contribution in [0.2, 0.25) is 5.02 Å². The predicted molar refractivity (Wildman–Crippen MR) is 67.4 cm³/mol. The van der Waals surface area contributed by atoms with Crippen LogP contribution in [0.15, 0.2) is 42.5 Å². The van der Waals surface area contributed by atoms with Crippen molar-refractivity contribution in [1.82, 2.24) is 0 Å². The summed E-state index contributed by atoms with van der Waals surface area (Å²) in [6, 6.07) is 11.0. The molecule has 0 saturated carbocycles.